The lowest BCUT2D eigenvalue weighted by molar-refractivity contribution is -0.149. The largest absolute Gasteiger partial charge is 0.462 e. The minimum Gasteiger partial charge on any atom is -0.462 e. The van der Waals surface area contributed by atoms with Crippen molar-refractivity contribution in [1.82, 2.24) is 24.6 Å². The molecular formula is C30H41N6O6P. The molecule has 232 valence electrons. The van der Waals surface area contributed by atoms with Crippen LogP contribution in [-0.2, 0) is 30.0 Å². The highest BCUT2D eigenvalue weighted by Gasteiger charge is 2.34. The van der Waals surface area contributed by atoms with E-state index < -0.39 is 19.8 Å². The third-order valence-electron chi connectivity index (χ3n) is 6.67. The van der Waals surface area contributed by atoms with Gasteiger partial charge in [0.25, 0.3) is 0 Å². The number of imidazole rings is 1. The fourth-order valence-electron chi connectivity index (χ4n) is 4.72. The lowest BCUT2D eigenvalue weighted by atomic mass is 10.1. The molecule has 0 saturated heterocycles. The summed E-state index contributed by atoms with van der Waals surface area (Å²) in [7, 11) is -4.13. The van der Waals surface area contributed by atoms with Gasteiger partial charge in [-0.25, -0.2) is 14.5 Å². The number of hydrogen-bond donors (Lipinski definition) is 2. The summed E-state index contributed by atoms with van der Waals surface area (Å²) in [6.45, 7) is 9.75. The summed E-state index contributed by atoms with van der Waals surface area (Å²) >= 11 is 0. The van der Waals surface area contributed by atoms with Gasteiger partial charge in [-0.15, -0.1) is 0 Å². The maximum Gasteiger partial charge on any atom is 0.459 e. The van der Waals surface area contributed by atoms with E-state index in [1.54, 1.807) is 39.1 Å². The Morgan fingerprint density at radius 2 is 1.91 bits per heavy atom. The Balaban J connectivity index is 1.76. The summed E-state index contributed by atoms with van der Waals surface area (Å²) in [6, 6.07) is 9.68. The summed E-state index contributed by atoms with van der Waals surface area (Å²) in [6.07, 6.45) is 5.12. The van der Waals surface area contributed by atoms with Crippen molar-refractivity contribution in [3.05, 3.63) is 54.6 Å². The summed E-state index contributed by atoms with van der Waals surface area (Å²) in [5, 5.41) is 3.63. The van der Waals surface area contributed by atoms with Crippen molar-refractivity contribution in [3.63, 3.8) is 0 Å². The summed E-state index contributed by atoms with van der Waals surface area (Å²) in [5.41, 5.74) is 8.49. The lowest BCUT2D eigenvalue weighted by Gasteiger charge is -2.27. The Labute approximate surface area is 251 Å². The van der Waals surface area contributed by atoms with Gasteiger partial charge in [0.15, 0.2) is 5.82 Å². The Morgan fingerprint density at radius 3 is 2.60 bits per heavy atom. The van der Waals surface area contributed by atoms with Gasteiger partial charge in [-0.1, -0.05) is 38.0 Å². The number of rotatable bonds is 16. The molecule has 0 fully saturated rings. The van der Waals surface area contributed by atoms with Crippen molar-refractivity contribution in [2.45, 2.75) is 78.7 Å². The Kier molecular flexibility index (Phi) is 11.1. The number of anilines is 1. The second-order valence-corrected chi connectivity index (χ2v) is 12.1. The van der Waals surface area contributed by atoms with E-state index in [-0.39, 0.29) is 31.1 Å². The number of carbonyl (C=O) groups excluding carboxylic acids is 1. The van der Waals surface area contributed by atoms with E-state index >= 15 is 0 Å². The second kappa shape index (κ2) is 14.7. The van der Waals surface area contributed by atoms with E-state index in [2.05, 4.69) is 26.5 Å². The number of benzene rings is 1. The first-order chi connectivity index (χ1) is 20.7. The molecule has 1 aromatic carbocycles. The number of unbranched alkanes of at least 4 members (excludes halogenated alkanes) is 1. The first-order valence-electron chi connectivity index (χ1n) is 14.6. The highest BCUT2D eigenvalue weighted by molar-refractivity contribution is 7.52. The van der Waals surface area contributed by atoms with Crippen molar-refractivity contribution < 1.29 is 27.9 Å². The quantitative estimate of drug-likeness (QED) is 0.114. The predicted molar refractivity (Wildman–Crippen MR) is 166 cm³/mol. The van der Waals surface area contributed by atoms with Crippen molar-refractivity contribution in [1.29, 1.82) is 0 Å². The van der Waals surface area contributed by atoms with Gasteiger partial charge in [0.05, 0.1) is 36.0 Å². The average molecular weight is 613 g/mol. The van der Waals surface area contributed by atoms with Crippen LogP contribution in [0.2, 0.25) is 0 Å². The maximum absolute atomic E-state index is 14.2. The van der Waals surface area contributed by atoms with Gasteiger partial charge in [0.2, 0.25) is 0 Å². The molecule has 0 radical (unpaired) electrons. The van der Waals surface area contributed by atoms with Crippen LogP contribution >= 0.6 is 7.75 Å². The molecule has 3 heterocycles. The summed E-state index contributed by atoms with van der Waals surface area (Å²) < 4.78 is 39.4. The number of pyridine rings is 2. The lowest BCUT2D eigenvalue weighted by Crippen LogP contribution is -2.36. The van der Waals surface area contributed by atoms with E-state index in [0.29, 0.717) is 30.2 Å². The molecule has 0 amide bonds. The number of nitrogens with one attached hydrogen (secondary N) is 1. The molecule has 0 unspecified atom stereocenters. The van der Waals surface area contributed by atoms with Gasteiger partial charge in [-0.3, -0.25) is 14.3 Å². The van der Waals surface area contributed by atoms with E-state index in [1.807, 2.05) is 31.2 Å². The van der Waals surface area contributed by atoms with Crippen LogP contribution in [0.1, 0.15) is 65.7 Å². The van der Waals surface area contributed by atoms with Gasteiger partial charge in [0, 0.05) is 18.2 Å². The van der Waals surface area contributed by atoms with E-state index in [9.17, 15) is 9.36 Å². The molecular weight excluding hydrogens is 571 g/mol. The van der Waals surface area contributed by atoms with Crippen molar-refractivity contribution in [2.75, 3.05) is 18.9 Å². The molecule has 0 aliphatic carbocycles. The normalized spacial score (nSPS) is 14.6. The standard InChI is InChI=1S/C30H41N6O6P/c1-6-8-12-22(18-40-43(38,42-23-13-11-16-32-17-23)35-21(5)30(37)41-20(3)4)36-26(19-39-7-2)34-27-28(36)24-14-9-10-15-25(24)33-29(27)31/h9-11,13-17,20-22H,6-8,12,18-19H2,1-5H3,(H2,31,33)(H,35,38)/t21-,22+,43-/m0/s1. The molecule has 3 N–H and O–H groups in total. The molecule has 3 aromatic heterocycles. The molecule has 0 spiro atoms. The topological polar surface area (TPSA) is 153 Å². The van der Waals surface area contributed by atoms with Crippen LogP contribution in [0.4, 0.5) is 5.82 Å². The SMILES string of the molecule is CCCC[C@H](CO[P@@](=O)(N[C@@H](C)C(=O)OC(C)C)Oc1cccnc1)n1c(COCC)nc2c(N)nc3ccccc3c21. The molecule has 13 heteroatoms. The number of nitrogens with zero attached hydrogens (tertiary/aromatic N) is 4. The van der Waals surface area contributed by atoms with Gasteiger partial charge >= 0.3 is 13.7 Å². The molecule has 0 saturated carbocycles. The predicted octanol–water partition coefficient (Wildman–Crippen LogP) is 5.96. The molecule has 0 aliphatic heterocycles. The first kappa shape index (κ1) is 32.3. The smallest absolute Gasteiger partial charge is 0.459 e. The van der Waals surface area contributed by atoms with E-state index in [4.69, 9.17) is 29.2 Å². The van der Waals surface area contributed by atoms with Crippen molar-refractivity contribution in [3.8, 4) is 5.75 Å². The summed E-state index contributed by atoms with van der Waals surface area (Å²) in [5.74, 6) is 0.606. The van der Waals surface area contributed by atoms with Crippen LogP contribution in [0.15, 0.2) is 48.8 Å². The number of carbonyl (C=O) groups is 1. The number of esters is 1. The van der Waals surface area contributed by atoms with Crippen molar-refractivity contribution in [2.24, 2.45) is 0 Å². The highest BCUT2D eigenvalue weighted by Crippen LogP contribution is 2.46. The second-order valence-electron chi connectivity index (χ2n) is 10.5. The van der Waals surface area contributed by atoms with Crippen LogP contribution in [0.25, 0.3) is 21.9 Å². The van der Waals surface area contributed by atoms with Crippen LogP contribution in [-0.4, -0.2) is 50.8 Å². The molecule has 12 nitrogen and oxygen atoms in total. The third kappa shape index (κ3) is 8.08. The Morgan fingerprint density at radius 1 is 1.12 bits per heavy atom. The first-order valence-corrected chi connectivity index (χ1v) is 16.1. The van der Waals surface area contributed by atoms with Gasteiger partial charge in [-0.2, -0.15) is 5.09 Å². The fraction of sp³-hybridized carbons (Fsp3) is 0.467. The number of fused-ring (bicyclic) bond motifs is 3. The molecule has 4 aromatic rings. The number of ether oxygens (including phenoxy) is 2. The van der Waals surface area contributed by atoms with Crippen LogP contribution in [0.3, 0.4) is 0 Å². The van der Waals surface area contributed by atoms with Gasteiger partial charge < -0.3 is 24.3 Å². The molecule has 3 atom stereocenters. The third-order valence-corrected chi connectivity index (χ3v) is 8.32. The monoisotopic (exact) mass is 612 g/mol. The molecule has 0 bridgehead atoms. The highest BCUT2D eigenvalue weighted by atomic mass is 31.2. The minimum absolute atomic E-state index is 0.0301. The summed E-state index contributed by atoms with van der Waals surface area (Å²) in [4.78, 5) is 26.1. The van der Waals surface area contributed by atoms with Crippen LogP contribution in [0, 0.1) is 0 Å². The zero-order valence-corrected chi connectivity index (χ0v) is 26.3. The maximum atomic E-state index is 14.2. The van der Waals surface area contributed by atoms with Crippen molar-refractivity contribution >= 4 is 41.5 Å². The van der Waals surface area contributed by atoms with Gasteiger partial charge in [-0.05, 0) is 52.3 Å². The number of para-hydroxylation sites is 1. The van der Waals surface area contributed by atoms with Crippen LogP contribution in [0.5, 0.6) is 5.75 Å². The van der Waals surface area contributed by atoms with E-state index in [0.717, 1.165) is 29.3 Å². The zero-order chi connectivity index (χ0) is 31.0. The molecule has 4 rings (SSSR count). The van der Waals surface area contributed by atoms with Crippen LogP contribution < -0.4 is 15.3 Å². The Hall–Kier alpha value is -3.57. The minimum atomic E-state index is -4.13. The molecule has 0 aliphatic rings. The number of nitrogens with two attached hydrogens (primary N) is 1. The Bertz CT molecular complexity index is 1560. The fourth-order valence-corrected chi connectivity index (χ4v) is 6.24. The number of nitrogen functional groups attached to an aromatic ring is 1. The zero-order valence-electron chi connectivity index (χ0n) is 25.4. The average Bonchev–Trinajstić information content (AvgIpc) is 3.36. The number of aromatic nitrogens is 4. The van der Waals surface area contributed by atoms with Gasteiger partial charge in [0.1, 0.15) is 29.7 Å². The number of hydrogen-bond acceptors (Lipinski definition) is 10. The molecule has 43 heavy (non-hydrogen) atoms. The van der Waals surface area contributed by atoms with E-state index in [1.165, 1.54) is 6.20 Å².